The molecule has 2 aromatic carbocycles. The molecule has 2 N–H and O–H groups in total. The Labute approximate surface area is 226 Å². The van der Waals surface area contributed by atoms with Gasteiger partial charge in [-0.25, -0.2) is 27.5 Å². The number of ether oxygens (including phenoxy) is 1. The first-order valence-electron chi connectivity index (χ1n) is 11.6. The molecule has 12 heteroatoms. The van der Waals surface area contributed by atoms with E-state index in [2.05, 4.69) is 39.0 Å². The molecule has 4 rings (SSSR count). The second kappa shape index (κ2) is 13.2. The molecule has 2 aromatic rings. The summed E-state index contributed by atoms with van der Waals surface area (Å²) in [4.78, 5) is 30.8. The fourth-order valence-corrected chi connectivity index (χ4v) is 5.24. The van der Waals surface area contributed by atoms with Crippen LogP contribution in [-0.2, 0) is 45.3 Å². The molecule has 0 saturated carbocycles. The van der Waals surface area contributed by atoms with Crippen LogP contribution in [0.4, 0.5) is 23.7 Å². The first-order chi connectivity index (χ1) is 19.0. The van der Waals surface area contributed by atoms with Gasteiger partial charge in [-0.3, -0.25) is 0 Å². The van der Waals surface area contributed by atoms with Crippen molar-refractivity contribution >= 4 is 33.6 Å². The molecule has 2 aliphatic rings. The molecule has 0 unspecified atom stereocenters. The highest BCUT2D eigenvalue weighted by molar-refractivity contribution is 7.90. The van der Waals surface area contributed by atoms with Crippen LogP contribution in [0.3, 0.4) is 0 Å². The summed E-state index contributed by atoms with van der Waals surface area (Å²) in [7, 11) is -4.40. The normalized spacial score (nSPS) is 12.5. The van der Waals surface area contributed by atoms with Crippen molar-refractivity contribution in [2.45, 2.75) is 49.8 Å². The van der Waals surface area contributed by atoms with Crippen molar-refractivity contribution < 1.29 is 40.7 Å². The third kappa shape index (κ3) is 8.30. The fourth-order valence-electron chi connectivity index (χ4n) is 4.30. The summed E-state index contributed by atoms with van der Waals surface area (Å²) in [6.45, 7) is 0. The number of nitrogens with one attached hydrogen (secondary N) is 2. The standard InChI is InChI=1S/C20H19F3N2O4S.C8O2/c21-20(22,23)29-14-6-3-7-15(11-14)30(27,28)25-19(26)24-18-16-8-1-4-12(16)10-13-5-2-9-17(13)18;9-7-5-3-1-2-4-6-8-10/h3,6-7,10-11H,1-2,4-5,8-9H2,(H2,24,25,26);. The maximum atomic E-state index is 12.5. The van der Waals surface area contributed by atoms with Crippen LogP contribution in [-0.4, -0.2) is 32.7 Å². The Bertz CT molecular complexity index is 1660. The van der Waals surface area contributed by atoms with Crippen LogP contribution in [0.25, 0.3) is 0 Å². The molecule has 0 fully saturated rings. The number of fused-ring (bicyclic) bond motifs is 2. The molecular formula is C28H19F3N2O6S. The number of rotatable bonds is 4. The highest BCUT2D eigenvalue weighted by Crippen LogP contribution is 2.38. The number of aryl methyl sites for hydroxylation is 2. The van der Waals surface area contributed by atoms with Crippen molar-refractivity contribution in [3.8, 4) is 5.75 Å². The largest absolute Gasteiger partial charge is 0.573 e. The second-order valence-corrected chi connectivity index (χ2v) is 9.95. The van der Waals surface area contributed by atoms with Crippen molar-refractivity contribution in [2.75, 3.05) is 5.32 Å². The first-order valence-corrected chi connectivity index (χ1v) is 13.1. The minimum atomic E-state index is -4.96. The van der Waals surface area contributed by atoms with Gasteiger partial charge >= 0.3 is 12.4 Å². The molecule has 0 atom stereocenters. The zero-order valence-electron chi connectivity index (χ0n) is 20.6. The lowest BCUT2D eigenvalue weighted by atomic mass is 9.99. The number of carbonyl (C=O) groups excluding carboxylic acids is 3. The highest BCUT2D eigenvalue weighted by Gasteiger charge is 2.32. The van der Waals surface area contributed by atoms with Crippen molar-refractivity contribution in [3.63, 3.8) is 0 Å². The second-order valence-electron chi connectivity index (χ2n) is 8.27. The molecule has 0 aromatic heterocycles. The summed E-state index contributed by atoms with van der Waals surface area (Å²) in [5, 5.41) is 2.68. The van der Waals surface area contributed by atoms with Crippen molar-refractivity contribution in [2.24, 2.45) is 0 Å². The van der Waals surface area contributed by atoms with Gasteiger partial charge in [0.1, 0.15) is 5.75 Å². The van der Waals surface area contributed by atoms with E-state index < -0.39 is 33.1 Å². The van der Waals surface area contributed by atoms with Crippen molar-refractivity contribution in [3.05, 3.63) is 87.0 Å². The van der Waals surface area contributed by atoms with Gasteiger partial charge in [-0.15, -0.1) is 13.2 Å². The Hall–Kier alpha value is -4.91. The molecule has 8 nitrogen and oxygen atoms in total. The number of urea groups is 1. The Kier molecular flexibility index (Phi) is 9.81. The van der Waals surface area contributed by atoms with Gasteiger partial charge in [-0.1, -0.05) is 12.1 Å². The number of anilines is 1. The van der Waals surface area contributed by atoms with Gasteiger partial charge in [0, 0.05) is 46.1 Å². The van der Waals surface area contributed by atoms with E-state index in [9.17, 15) is 36.0 Å². The van der Waals surface area contributed by atoms with E-state index >= 15 is 0 Å². The number of hydrogen-bond donors (Lipinski definition) is 2. The monoisotopic (exact) mass is 568 g/mol. The van der Waals surface area contributed by atoms with Crippen LogP contribution in [0.5, 0.6) is 5.75 Å². The van der Waals surface area contributed by atoms with Gasteiger partial charge in [0.05, 0.1) is 4.90 Å². The van der Waals surface area contributed by atoms with Crippen LogP contribution >= 0.6 is 0 Å². The lowest BCUT2D eigenvalue weighted by molar-refractivity contribution is -0.274. The summed E-state index contributed by atoms with van der Waals surface area (Å²) in [5.74, 6) is 1.95. The van der Waals surface area contributed by atoms with Gasteiger partial charge in [-0.2, -0.15) is 0 Å². The van der Waals surface area contributed by atoms with Crippen molar-refractivity contribution in [1.82, 2.24) is 4.72 Å². The Morgan fingerprint density at radius 1 is 0.825 bits per heavy atom. The van der Waals surface area contributed by atoms with Gasteiger partial charge in [-0.05, 0) is 72.9 Å². The summed E-state index contributed by atoms with van der Waals surface area (Å²) in [5.41, 5.74) is 17.6. The van der Waals surface area contributed by atoms with E-state index in [1.54, 1.807) is 0 Å². The van der Waals surface area contributed by atoms with Gasteiger partial charge in [0.2, 0.25) is 0 Å². The Balaban J connectivity index is 0.000000378. The van der Waals surface area contributed by atoms with Crippen molar-refractivity contribution in [1.29, 1.82) is 0 Å². The molecular weight excluding hydrogens is 549 g/mol. The quantitative estimate of drug-likeness (QED) is 0.422. The molecule has 0 bridgehead atoms. The number of alkyl halides is 3. The van der Waals surface area contributed by atoms with E-state index in [1.165, 1.54) is 23.0 Å². The predicted octanol–water partition coefficient (Wildman–Crippen LogP) is 4.21. The third-order valence-electron chi connectivity index (χ3n) is 5.70. The molecule has 0 saturated heterocycles. The Morgan fingerprint density at radius 3 is 1.90 bits per heavy atom. The smallest absolute Gasteiger partial charge is 0.406 e. The predicted molar refractivity (Wildman–Crippen MR) is 135 cm³/mol. The number of sulfonamides is 1. The van der Waals surface area contributed by atoms with Gasteiger partial charge < -0.3 is 10.1 Å². The summed E-state index contributed by atoms with van der Waals surface area (Å²) in [6, 6.07) is 5.09. The van der Waals surface area contributed by atoms with E-state index in [4.69, 9.17) is 0 Å². The van der Waals surface area contributed by atoms with Crippen LogP contribution in [0.15, 0.2) is 69.6 Å². The molecule has 204 valence electrons. The minimum absolute atomic E-state index is 0.511. The fraction of sp³-hybridized carbons (Fsp3) is 0.250. The molecule has 0 heterocycles. The number of hydrogen-bond acceptors (Lipinski definition) is 6. The lowest BCUT2D eigenvalue weighted by Gasteiger charge is -2.17. The number of halogens is 3. The van der Waals surface area contributed by atoms with Gasteiger partial charge in [0.25, 0.3) is 10.0 Å². The van der Waals surface area contributed by atoms with E-state index in [0.29, 0.717) is 11.8 Å². The highest BCUT2D eigenvalue weighted by atomic mass is 32.2. The van der Waals surface area contributed by atoms with Crippen LogP contribution in [0.1, 0.15) is 35.1 Å². The zero-order chi connectivity index (χ0) is 29.2. The summed E-state index contributed by atoms with van der Waals surface area (Å²) >= 11 is 0. The third-order valence-corrected chi connectivity index (χ3v) is 7.03. The molecule has 0 aliphatic heterocycles. The molecule has 2 amide bonds. The van der Waals surface area contributed by atoms with E-state index in [-0.39, 0.29) is 0 Å². The lowest BCUT2D eigenvalue weighted by Crippen LogP contribution is -2.35. The SMILES string of the molecule is O=C(Nc1c2c(cc3c1CCC3)CCC2)NS(=O)(=O)c1cccc(OC(F)(F)F)c1.O=C=C=C=C=C=C=C=C=O. The zero-order valence-corrected chi connectivity index (χ0v) is 21.4. The Morgan fingerprint density at radius 2 is 1.38 bits per heavy atom. The van der Waals surface area contributed by atoms with Crippen LogP contribution in [0, 0.1) is 0 Å². The maximum absolute atomic E-state index is 12.5. The van der Waals surface area contributed by atoms with E-state index in [1.807, 2.05) is 16.2 Å². The molecule has 0 radical (unpaired) electrons. The van der Waals surface area contributed by atoms with E-state index in [0.717, 1.165) is 67.9 Å². The molecule has 40 heavy (non-hydrogen) atoms. The number of amides is 2. The minimum Gasteiger partial charge on any atom is -0.406 e. The van der Waals surface area contributed by atoms with Crippen LogP contribution < -0.4 is 14.8 Å². The number of benzene rings is 2. The molecule has 2 aliphatic carbocycles. The summed E-state index contributed by atoms with van der Waals surface area (Å²) in [6.07, 6.45) is 0.439. The topological polar surface area (TPSA) is 119 Å². The average molecular weight is 569 g/mol. The average Bonchev–Trinajstić information content (AvgIpc) is 3.55. The maximum Gasteiger partial charge on any atom is 0.573 e. The first kappa shape index (κ1) is 29.6. The summed E-state index contributed by atoms with van der Waals surface area (Å²) < 4.78 is 67.8. The van der Waals surface area contributed by atoms with Crippen LogP contribution in [0.2, 0.25) is 0 Å². The number of carbonyl (C=O) groups is 1. The van der Waals surface area contributed by atoms with Gasteiger partial charge in [0.15, 0.2) is 11.9 Å². The molecule has 0 spiro atoms.